The highest BCUT2D eigenvalue weighted by Crippen LogP contribution is 2.40. The van der Waals surface area contributed by atoms with E-state index in [-0.39, 0.29) is 30.7 Å². The molecule has 4 heterocycles. The van der Waals surface area contributed by atoms with Gasteiger partial charge in [-0.15, -0.1) is 10.2 Å². The summed E-state index contributed by atoms with van der Waals surface area (Å²) in [5, 5.41) is 19.2. The Balaban J connectivity index is 0.894. The number of allylic oxidation sites excluding steroid dienone is 1. The number of aryl methyl sites for hydroxylation is 1. The van der Waals surface area contributed by atoms with E-state index in [0.29, 0.717) is 64.1 Å². The summed E-state index contributed by atoms with van der Waals surface area (Å²) in [4.78, 5) is 41.6. The van der Waals surface area contributed by atoms with E-state index in [2.05, 4.69) is 32.7 Å². The number of hydrogen-bond acceptors (Lipinski definition) is 10. The van der Waals surface area contributed by atoms with Gasteiger partial charge in [-0.25, -0.2) is 0 Å². The van der Waals surface area contributed by atoms with E-state index < -0.39 is 12.1 Å². The number of carbonyl (C=O) groups excluding carboxylic acids is 2. The zero-order valence-electron chi connectivity index (χ0n) is 34.7. The van der Waals surface area contributed by atoms with Gasteiger partial charge in [0.25, 0.3) is 0 Å². The number of aromatic nitrogens is 3. The number of benzene rings is 4. The van der Waals surface area contributed by atoms with Crippen LogP contribution in [0.25, 0.3) is 5.69 Å². The first-order valence-electron chi connectivity index (χ1n) is 20.2. The summed E-state index contributed by atoms with van der Waals surface area (Å²) in [6.07, 6.45) is 2.25. The Bertz CT molecular complexity index is 2690. The number of ether oxygens (including phenoxy) is 2. The Kier molecular flexibility index (Phi) is 12.4. The fourth-order valence-electron chi connectivity index (χ4n) is 8.05. The highest BCUT2D eigenvalue weighted by Gasteiger charge is 2.37. The molecule has 0 radical (unpaired) electrons. The van der Waals surface area contributed by atoms with Gasteiger partial charge in [0.15, 0.2) is 5.82 Å². The second kappa shape index (κ2) is 18.2. The number of fused-ring (bicyclic) bond motifs is 6. The van der Waals surface area contributed by atoms with Crippen LogP contribution in [0.1, 0.15) is 71.2 Å². The summed E-state index contributed by atoms with van der Waals surface area (Å²) < 4.78 is 13.2. The molecule has 1 aromatic heterocycles. The Morgan fingerprint density at radius 2 is 1.35 bits per heavy atom. The first-order valence-corrected chi connectivity index (χ1v) is 20.9. The van der Waals surface area contributed by atoms with Crippen LogP contribution in [0.15, 0.2) is 124 Å². The third kappa shape index (κ3) is 8.77. The van der Waals surface area contributed by atoms with Crippen molar-refractivity contribution >= 4 is 52.2 Å². The maximum absolute atomic E-state index is 13.5. The number of halogens is 2. The van der Waals surface area contributed by atoms with E-state index in [0.717, 1.165) is 50.5 Å². The van der Waals surface area contributed by atoms with Crippen molar-refractivity contribution < 1.29 is 19.1 Å². The molecule has 316 valence electrons. The first kappa shape index (κ1) is 42.1. The number of hydrogen-bond donors (Lipinski definition) is 3. The Hall–Kier alpha value is -6.57. The molecule has 0 aliphatic carbocycles. The molecule has 5 aromatic rings. The van der Waals surface area contributed by atoms with Crippen LogP contribution >= 0.6 is 23.2 Å². The van der Waals surface area contributed by atoms with Gasteiger partial charge in [0.2, 0.25) is 11.8 Å². The third-order valence-corrected chi connectivity index (χ3v) is 11.6. The van der Waals surface area contributed by atoms with E-state index in [1.165, 1.54) is 0 Å². The molecule has 0 spiro atoms. The molecular formula is C47H45Cl2N9O4. The zero-order chi connectivity index (χ0) is 43.5. The van der Waals surface area contributed by atoms with Crippen LogP contribution in [0.2, 0.25) is 10.0 Å². The minimum atomic E-state index is -0.578. The lowest BCUT2D eigenvalue weighted by Crippen LogP contribution is -2.40. The molecule has 0 saturated heterocycles. The van der Waals surface area contributed by atoms with Crippen LogP contribution in [0.4, 0.5) is 0 Å². The monoisotopic (exact) mass is 869 g/mol. The second-order valence-corrected chi connectivity index (χ2v) is 16.1. The first-order chi connectivity index (χ1) is 30.0. The van der Waals surface area contributed by atoms with Crippen LogP contribution in [0, 0.1) is 6.92 Å². The van der Waals surface area contributed by atoms with Crippen LogP contribution < -0.4 is 25.4 Å². The third-order valence-electron chi connectivity index (χ3n) is 11.1. The fourth-order valence-corrected chi connectivity index (χ4v) is 8.30. The number of aliphatic imine (C=N–C) groups is 3. The molecule has 3 atom stereocenters. The van der Waals surface area contributed by atoms with Gasteiger partial charge >= 0.3 is 0 Å². The van der Waals surface area contributed by atoms with Gasteiger partial charge in [0.05, 0.1) is 56.0 Å². The highest BCUT2D eigenvalue weighted by molar-refractivity contribution is 6.31. The topological polar surface area (TPSA) is 156 Å². The van der Waals surface area contributed by atoms with E-state index in [1.54, 1.807) is 14.2 Å². The number of carbonyl (C=O) groups is 2. The molecule has 8 rings (SSSR count). The standard InChI is InChI=1S/C47H45Cl2N9O4/c1-26-24-53-46-38(54-45(30-8-12-32(49)13-9-30)37-21-33(61-4)14-16-35(37)43(26)46)23-41(59)52-25-42(60)51-19-18-50-27(2)20-39-47-57-56-28(3)58(47)40-22-34(62-5)15-17-36(40)44(55-39)29-6-10-31(48)11-7-29/h6-17,21-22,24,38-39,43,50H,2,18-20,23,25H2,1,3-5H3,(H,51,60)(H,52,59)/t38-,39+,43?/m0/s1. The van der Waals surface area contributed by atoms with Crippen molar-refractivity contribution in [2.24, 2.45) is 15.0 Å². The van der Waals surface area contributed by atoms with E-state index in [9.17, 15) is 9.59 Å². The number of rotatable bonds is 14. The van der Waals surface area contributed by atoms with Crippen LogP contribution in [-0.4, -0.2) is 83.6 Å². The average molecular weight is 871 g/mol. The molecule has 13 nitrogen and oxygen atoms in total. The average Bonchev–Trinajstić information content (AvgIpc) is 3.78. The molecular weight excluding hydrogens is 825 g/mol. The van der Waals surface area contributed by atoms with Crippen LogP contribution in [0.3, 0.4) is 0 Å². The van der Waals surface area contributed by atoms with Crippen molar-refractivity contribution in [1.82, 2.24) is 30.7 Å². The van der Waals surface area contributed by atoms with Gasteiger partial charge in [-0.2, -0.15) is 0 Å². The molecule has 15 heteroatoms. The molecule has 3 aliphatic rings. The number of nitrogens with one attached hydrogen (secondary N) is 3. The Morgan fingerprint density at radius 1 is 0.726 bits per heavy atom. The fraction of sp³-hybridized carbons (Fsp3) is 0.255. The molecule has 3 aliphatic heterocycles. The van der Waals surface area contributed by atoms with Gasteiger partial charge < -0.3 is 25.4 Å². The largest absolute Gasteiger partial charge is 0.497 e. The smallest absolute Gasteiger partial charge is 0.239 e. The summed E-state index contributed by atoms with van der Waals surface area (Å²) in [6.45, 7) is 8.70. The van der Waals surface area contributed by atoms with Gasteiger partial charge in [0.1, 0.15) is 23.4 Å². The predicted molar refractivity (Wildman–Crippen MR) is 243 cm³/mol. The molecule has 4 aromatic carbocycles. The van der Waals surface area contributed by atoms with Crippen LogP contribution in [0.5, 0.6) is 11.5 Å². The normalized spacial score (nSPS) is 17.3. The predicted octanol–water partition coefficient (Wildman–Crippen LogP) is 7.27. The lowest BCUT2D eigenvalue weighted by Gasteiger charge is -2.20. The Labute approximate surface area is 369 Å². The summed E-state index contributed by atoms with van der Waals surface area (Å²) >= 11 is 12.5. The van der Waals surface area contributed by atoms with Crippen molar-refractivity contribution in [3.8, 4) is 17.2 Å². The van der Waals surface area contributed by atoms with Crippen LogP contribution in [-0.2, 0) is 9.59 Å². The van der Waals surface area contributed by atoms with Gasteiger partial charge in [-0.1, -0.05) is 60.1 Å². The molecule has 62 heavy (non-hydrogen) atoms. The van der Waals surface area contributed by atoms with E-state index >= 15 is 0 Å². The zero-order valence-corrected chi connectivity index (χ0v) is 36.2. The van der Waals surface area contributed by atoms with Gasteiger partial charge in [0, 0.05) is 75.7 Å². The summed E-state index contributed by atoms with van der Waals surface area (Å²) in [5.74, 6) is 1.95. The van der Waals surface area contributed by atoms with Crippen molar-refractivity contribution in [3.63, 3.8) is 0 Å². The van der Waals surface area contributed by atoms with Crippen molar-refractivity contribution in [1.29, 1.82) is 0 Å². The maximum atomic E-state index is 13.5. The van der Waals surface area contributed by atoms with Crippen molar-refractivity contribution in [2.45, 2.75) is 44.7 Å². The molecule has 3 N–H and O–H groups in total. The maximum Gasteiger partial charge on any atom is 0.239 e. The van der Waals surface area contributed by atoms with E-state index in [1.807, 2.05) is 110 Å². The quantitative estimate of drug-likeness (QED) is 0.0992. The number of nitrogens with zero attached hydrogens (tertiary/aromatic N) is 6. The molecule has 1 unspecified atom stereocenters. The molecule has 0 fully saturated rings. The van der Waals surface area contributed by atoms with Crippen molar-refractivity contribution in [2.75, 3.05) is 33.9 Å². The van der Waals surface area contributed by atoms with Crippen molar-refractivity contribution in [3.05, 3.63) is 158 Å². The Morgan fingerprint density at radius 3 is 2.05 bits per heavy atom. The summed E-state index contributed by atoms with van der Waals surface area (Å²) in [6, 6.07) is 25.8. The molecule has 2 amide bonds. The minimum Gasteiger partial charge on any atom is -0.497 e. The van der Waals surface area contributed by atoms with Gasteiger partial charge in [-0.3, -0.25) is 29.1 Å². The number of amides is 2. The molecule has 0 saturated carbocycles. The summed E-state index contributed by atoms with van der Waals surface area (Å²) in [7, 11) is 3.26. The lowest BCUT2D eigenvalue weighted by molar-refractivity contribution is -0.126. The number of methoxy groups -OCH3 is 2. The SMILES string of the molecule is C=C(C[C@H]1N=C(c2ccc(Cl)cc2)c2ccc(OC)cc2-n2c(C)nnc21)NCCNC(=O)CNC(=O)C[C@@H]1N=C(c2ccc(Cl)cc2)c2cc(OC)ccc2C2C(C)=CN=C21. The summed E-state index contributed by atoms with van der Waals surface area (Å²) in [5.41, 5.74) is 9.43. The lowest BCUT2D eigenvalue weighted by atomic mass is 9.83. The molecule has 0 bridgehead atoms. The van der Waals surface area contributed by atoms with Gasteiger partial charge in [-0.05, 0) is 73.5 Å². The van der Waals surface area contributed by atoms with E-state index in [4.69, 9.17) is 47.7 Å². The second-order valence-electron chi connectivity index (χ2n) is 15.2. The minimum absolute atomic E-state index is 0.00260. The highest BCUT2D eigenvalue weighted by atomic mass is 35.5.